The van der Waals surface area contributed by atoms with Gasteiger partial charge in [-0.15, -0.1) is 0 Å². The Morgan fingerprint density at radius 2 is 1.46 bits per heavy atom. The number of anilines is 1. The molecule has 1 saturated heterocycles. The van der Waals surface area contributed by atoms with Crippen LogP contribution in [0.5, 0.6) is 0 Å². The maximum Gasteiger partial charge on any atom is 0.253 e. The molecule has 0 radical (unpaired) electrons. The van der Waals surface area contributed by atoms with Crippen LogP contribution in [0, 0.1) is 27.7 Å². The van der Waals surface area contributed by atoms with E-state index in [9.17, 15) is 4.79 Å². The fourth-order valence-electron chi connectivity index (χ4n) is 3.77. The summed E-state index contributed by atoms with van der Waals surface area (Å²) in [6.07, 6.45) is 0. The Balaban J connectivity index is 1.71. The summed E-state index contributed by atoms with van der Waals surface area (Å²) in [5.41, 5.74) is 7.22. The van der Waals surface area contributed by atoms with E-state index in [0.717, 1.165) is 37.3 Å². The van der Waals surface area contributed by atoms with Crippen LogP contribution in [0.15, 0.2) is 36.4 Å². The second-order valence-corrected chi connectivity index (χ2v) is 6.90. The van der Waals surface area contributed by atoms with Gasteiger partial charge in [-0.1, -0.05) is 35.4 Å². The van der Waals surface area contributed by atoms with Gasteiger partial charge < -0.3 is 9.80 Å². The highest BCUT2D eigenvalue weighted by Crippen LogP contribution is 2.27. The zero-order valence-corrected chi connectivity index (χ0v) is 15.1. The third kappa shape index (κ3) is 3.30. The summed E-state index contributed by atoms with van der Waals surface area (Å²) in [7, 11) is 0. The first kappa shape index (κ1) is 16.6. The number of benzene rings is 2. The number of aryl methyl sites for hydroxylation is 4. The number of rotatable bonds is 2. The minimum Gasteiger partial charge on any atom is -0.368 e. The SMILES string of the molecule is Cc1cccc(C(=O)N2CCN(c3c(C)cc(C)cc3C)CC2)c1. The fourth-order valence-corrected chi connectivity index (χ4v) is 3.77. The van der Waals surface area contributed by atoms with Gasteiger partial charge in [-0.2, -0.15) is 0 Å². The molecule has 1 heterocycles. The fraction of sp³-hybridized carbons (Fsp3) is 0.381. The van der Waals surface area contributed by atoms with Crippen molar-refractivity contribution in [1.29, 1.82) is 0 Å². The maximum absolute atomic E-state index is 12.7. The monoisotopic (exact) mass is 322 g/mol. The number of amides is 1. The van der Waals surface area contributed by atoms with Crippen LogP contribution in [0.2, 0.25) is 0 Å². The zero-order chi connectivity index (χ0) is 17.3. The Bertz CT molecular complexity index is 735. The van der Waals surface area contributed by atoms with Crippen LogP contribution in [-0.2, 0) is 0 Å². The molecule has 24 heavy (non-hydrogen) atoms. The molecule has 0 spiro atoms. The summed E-state index contributed by atoms with van der Waals surface area (Å²) < 4.78 is 0. The quantitative estimate of drug-likeness (QED) is 0.837. The molecule has 1 fully saturated rings. The molecule has 2 aromatic carbocycles. The van der Waals surface area contributed by atoms with Crippen LogP contribution in [0.25, 0.3) is 0 Å². The molecular weight excluding hydrogens is 296 g/mol. The molecule has 1 aliphatic heterocycles. The predicted octanol–water partition coefficient (Wildman–Crippen LogP) is 3.88. The average molecular weight is 322 g/mol. The largest absolute Gasteiger partial charge is 0.368 e. The standard InChI is InChI=1S/C21H26N2O/c1-15-6-5-7-19(14-15)21(24)23-10-8-22(9-11-23)20-17(3)12-16(2)13-18(20)4/h5-7,12-14H,8-11H2,1-4H3. The van der Waals surface area contributed by atoms with E-state index in [2.05, 4.69) is 37.8 Å². The smallest absolute Gasteiger partial charge is 0.253 e. The minimum absolute atomic E-state index is 0.149. The summed E-state index contributed by atoms with van der Waals surface area (Å²) in [5, 5.41) is 0. The number of piperazine rings is 1. The molecule has 0 N–H and O–H groups in total. The van der Waals surface area contributed by atoms with E-state index in [4.69, 9.17) is 0 Å². The summed E-state index contributed by atoms with van der Waals surface area (Å²) >= 11 is 0. The summed E-state index contributed by atoms with van der Waals surface area (Å²) in [6, 6.07) is 12.4. The lowest BCUT2D eigenvalue weighted by Gasteiger charge is -2.37. The van der Waals surface area contributed by atoms with Crippen molar-refractivity contribution in [1.82, 2.24) is 4.90 Å². The zero-order valence-electron chi connectivity index (χ0n) is 15.1. The van der Waals surface area contributed by atoms with Crippen molar-refractivity contribution in [2.75, 3.05) is 31.1 Å². The Kier molecular flexibility index (Phi) is 4.61. The Morgan fingerprint density at radius 3 is 2.04 bits per heavy atom. The highest BCUT2D eigenvalue weighted by molar-refractivity contribution is 5.94. The van der Waals surface area contributed by atoms with Crippen molar-refractivity contribution in [3.8, 4) is 0 Å². The van der Waals surface area contributed by atoms with Crippen molar-refractivity contribution in [3.63, 3.8) is 0 Å². The summed E-state index contributed by atoms with van der Waals surface area (Å²) in [6.45, 7) is 11.9. The molecule has 0 saturated carbocycles. The Labute approximate surface area is 144 Å². The molecule has 3 nitrogen and oxygen atoms in total. The lowest BCUT2D eigenvalue weighted by molar-refractivity contribution is 0.0746. The first-order chi connectivity index (χ1) is 11.5. The van der Waals surface area contributed by atoms with Crippen LogP contribution in [0.4, 0.5) is 5.69 Å². The van der Waals surface area contributed by atoms with E-state index in [1.165, 1.54) is 22.4 Å². The number of carbonyl (C=O) groups excluding carboxylic acids is 1. The lowest BCUT2D eigenvalue weighted by Crippen LogP contribution is -2.49. The third-order valence-electron chi connectivity index (χ3n) is 4.78. The van der Waals surface area contributed by atoms with E-state index < -0.39 is 0 Å². The van der Waals surface area contributed by atoms with E-state index in [1.807, 2.05) is 36.1 Å². The van der Waals surface area contributed by atoms with Crippen molar-refractivity contribution < 1.29 is 4.79 Å². The van der Waals surface area contributed by atoms with Gasteiger partial charge in [0.15, 0.2) is 0 Å². The summed E-state index contributed by atoms with van der Waals surface area (Å²) in [4.78, 5) is 17.1. The van der Waals surface area contributed by atoms with Gasteiger partial charge in [-0.25, -0.2) is 0 Å². The topological polar surface area (TPSA) is 23.6 Å². The van der Waals surface area contributed by atoms with Crippen molar-refractivity contribution in [2.24, 2.45) is 0 Å². The van der Waals surface area contributed by atoms with E-state index in [-0.39, 0.29) is 5.91 Å². The van der Waals surface area contributed by atoms with Gasteiger partial charge in [0.05, 0.1) is 0 Å². The normalized spacial score (nSPS) is 14.8. The van der Waals surface area contributed by atoms with Crippen LogP contribution in [0.3, 0.4) is 0 Å². The van der Waals surface area contributed by atoms with Gasteiger partial charge in [0.1, 0.15) is 0 Å². The van der Waals surface area contributed by atoms with Gasteiger partial charge >= 0.3 is 0 Å². The highest BCUT2D eigenvalue weighted by Gasteiger charge is 2.23. The van der Waals surface area contributed by atoms with Crippen molar-refractivity contribution >= 4 is 11.6 Å². The molecule has 2 aromatic rings. The number of nitrogens with zero attached hydrogens (tertiary/aromatic N) is 2. The first-order valence-corrected chi connectivity index (χ1v) is 8.64. The van der Waals surface area contributed by atoms with Crippen LogP contribution >= 0.6 is 0 Å². The molecule has 1 aliphatic rings. The Hall–Kier alpha value is -2.29. The molecule has 0 unspecified atom stereocenters. The molecule has 0 aromatic heterocycles. The second kappa shape index (κ2) is 6.68. The number of carbonyl (C=O) groups is 1. The predicted molar refractivity (Wildman–Crippen MR) is 99.9 cm³/mol. The molecule has 3 rings (SSSR count). The van der Waals surface area contributed by atoms with Crippen molar-refractivity contribution in [3.05, 3.63) is 64.2 Å². The molecule has 1 amide bonds. The van der Waals surface area contributed by atoms with E-state index in [1.54, 1.807) is 0 Å². The number of hydrogen-bond acceptors (Lipinski definition) is 2. The second-order valence-electron chi connectivity index (χ2n) is 6.90. The molecule has 126 valence electrons. The average Bonchev–Trinajstić information content (AvgIpc) is 2.54. The van der Waals surface area contributed by atoms with Crippen LogP contribution in [0.1, 0.15) is 32.6 Å². The molecule has 0 aliphatic carbocycles. The van der Waals surface area contributed by atoms with Gasteiger partial charge in [0, 0.05) is 37.4 Å². The molecule has 0 bridgehead atoms. The first-order valence-electron chi connectivity index (χ1n) is 8.64. The van der Waals surface area contributed by atoms with Gasteiger partial charge in [-0.05, 0) is 51.0 Å². The van der Waals surface area contributed by atoms with Gasteiger partial charge in [0.2, 0.25) is 0 Å². The minimum atomic E-state index is 0.149. The number of hydrogen-bond donors (Lipinski definition) is 0. The highest BCUT2D eigenvalue weighted by atomic mass is 16.2. The van der Waals surface area contributed by atoms with Gasteiger partial charge in [-0.3, -0.25) is 4.79 Å². The van der Waals surface area contributed by atoms with Gasteiger partial charge in [0.25, 0.3) is 5.91 Å². The molecular formula is C21H26N2O. The summed E-state index contributed by atoms with van der Waals surface area (Å²) in [5.74, 6) is 0.149. The van der Waals surface area contributed by atoms with Crippen LogP contribution in [-0.4, -0.2) is 37.0 Å². The molecule has 3 heteroatoms. The van der Waals surface area contributed by atoms with E-state index >= 15 is 0 Å². The van der Waals surface area contributed by atoms with E-state index in [0.29, 0.717) is 0 Å². The maximum atomic E-state index is 12.7. The third-order valence-corrected chi connectivity index (χ3v) is 4.78. The Morgan fingerprint density at radius 1 is 0.833 bits per heavy atom. The molecule has 0 atom stereocenters. The van der Waals surface area contributed by atoms with Crippen molar-refractivity contribution in [2.45, 2.75) is 27.7 Å². The lowest BCUT2D eigenvalue weighted by atomic mass is 10.0. The van der Waals surface area contributed by atoms with Crippen LogP contribution < -0.4 is 4.90 Å².